The molecule has 0 fully saturated rings. The van der Waals surface area contributed by atoms with Crippen molar-refractivity contribution < 1.29 is 9.18 Å². The normalized spacial score (nSPS) is 13.6. The number of thiophene rings is 1. The third kappa shape index (κ3) is 3.73. The second-order valence-electron chi connectivity index (χ2n) is 6.26. The van der Waals surface area contributed by atoms with Gasteiger partial charge in [0.25, 0.3) is 0 Å². The Morgan fingerprint density at radius 2 is 2.00 bits per heavy atom. The van der Waals surface area contributed by atoms with Crippen LogP contribution < -0.4 is 5.32 Å². The second-order valence-corrected chi connectivity index (χ2v) is 8.31. The van der Waals surface area contributed by atoms with Crippen molar-refractivity contribution in [2.45, 2.75) is 37.3 Å². The summed E-state index contributed by atoms with van der Waals surface area (Å²) in [4.78, 5) is 23.5. The molecule has 0 radical (unpaired) electrons. The largest absolute Gasteiger partial charge is 0.351 e. The molecule has 4 rings (SSSR count). The van der Waals surface area contributed by atoms with Gasteiger partial charge in [-0.2, -0.15) is 0 Å². The van der Waals surface area contributed by atoms with Gasteiger partial charge in [0.1, 0.15) is 22.0 Å². The first-order chi connectivity index (χ1) is 12.7. The van der Waals surface area contributed by atoms with Gasteiger partial charge in [-0.05, 0) is 48.9 Å². The summed E-state index contributed by atoms with van der Waals surface area (Å²) in [5.74, 6) is -0.0320. The van der Waals surface area contributed by atoms with E-state index in [2.05, 4.69) is 15.3 Å². The predicted molar refractivity (Wildman–Crippen MR) is 103 cm³/mol. The summed E-state index contributed by atoms with van der Waals surface area (Å²) >= 11 is 3.22. The molecule has 1 aliphatic rings. The lowest BCUT2D eigenvalue weighted by Crippen LogP contribution is -2.24. The molecule has 0 saturated carbocycles. The number of thioether (sulfide) groups is 1. The van der Waals surface area contributed by atoms with Crippen LogP contribution in [0.15, 0.2) is 35.6 Å². The van der Waals surface area contributed by atoms with E-state index in [0.717, 1.165) is 33.6 Å². The van der Waals surface area contributed by atoms with Crippen molar-refractivity contribution in [3.05, 3.63) is 52.4 Å². The number of amides is 1. The summed E-state index contributed by atoms with van der Waals surface area (Å²) in [6.45, 7) is 0.396. The van der Waals surface area contributed by atoms with Crippen LogP contribution in [0.5, 0.6) is 0 Å². The van der Waals surface area contributed by atoms with Crippen molar-refractivity contribution >= 4 is 39.2 Å². The van der Waals surface area contributed by atoms with Crippen molar-refractivity contribution in [2.75, 3.05) is 5.75 Å². The summed E-state index contributed by atoms with van der Waals surface area (Å²) in [5, 5.41) is 4.91. The number of hydrogen-bond donors (Lipinski definition) is 1. The number of fused-ring (bicyclic) bond motifs is 3. The highest BCUT2D eigenvalue weighted by molar-refractivity contribution is 8.00. The number of carbonyl (C=O) groups excluding carboxylic acids is 1. The first-order valence-corrected chi connectivity index (χ1v) is 10.4. The molecule has 0 bridgehead atoms. The Balaban J connectivity index is 1.42. The lowest BCUT2D eigenvalue weighted by atomic mass is 9.97. The van der Waals surface area contributed by atoms with Crippen molar-refractivity contribution in [3.63, 3.8) is 0 Å². The van der Waals surface area contributed by atoms with Crippen LogP contribution in [-0.2, 0) is 24.2 Å². The van der Waals surface area contributed by atoms with E-state index in [1.54, 1.807) is 29.8 Å². The third-order valence-corrected chi connectivity index (χ3v) is 6.65. The second kappa shape index (κ2) is 7.72. The molecule has 0 unspecified atom stereocenters. The van der Waals surface area contributed by atoms with Crippen LogP contribution >= 0.6 is 23.1 Å². The molecule has 0 spiro atoms. The number of hydrogen-bond acceptors (Lipinski definition) is 5. The van der Waals surface area contributed by atoms with Gasteiger partial charge < -0.3 is 5.32 Å². The van der Waals surface area contributed by atoms with Gasteiger partial charge in [-0.15, -0.1) is 11.3 Å². The zero-order valence-electron chi connectivity index (χ0n) is 14.1. The van der Waals surface area contributed by atoms with Crippen LogP contribution in [0.25, 0.3) is 10.2 Å². The van der Waals surface area contributed by atoms with Crippen LogP contribution in [0, 0.1) is 5.82 Å². The molecule has 7 heteroatoms. The van der Waals surface area contributed by atoms with Crippen molar-refractivity contribution in [1.82, 2.24) is 15.3 Å². The molecular formula is C19H18FN3OS2. The molecule has 2 heterocycles. The Morgan fingerprint density at radius 1 is 1.19 bits per heavy atom. The maximum absolute atomic E-state index is 12.9. The van der Waals surface area contributed by atoms with Crippen LogP contribution in [0.2, 0.25) is 0 Å². The Kier molecular flexibility index (Phi) is 5.17. The zero-order valence-corrected chi connectivity index (χ0v) is 15.8. The molecule has 3 aromatic rings. The molecule has 1 aliphatic carbocycles. The zero-order chi connectivity index (χ0) is 17.9. The van der Waals surface area contributed by atoms with Gasteiger partial charge in [-0.25, -0.2) is 14.4 Å². The molecule has 134 valence electrons. The topological polar surface area (TPSA) is 54.9 Å². The van der Waals surface area contributed by atoms with Gasteiger partial charge in [0.05, 0.1) is 5.75 Å². The summed E-state index contributed by atoms with van der Waals surface area (Å²) in [6, 6.07) is 6.14. The minimum absolute atomic E-state index is 0.0600. The predicted octanol–water partition coefficient (Wildman–Crippen LogP) is 4.12. The number of aromatic nitrogens is 2. The van der Waals surface area contributed by atoms with E-state index in [0.29, 0.717) is 12.3 Å². The molecule has 4 nitrogen and oxygen atoms in total. The van der Waals surface area contributed by atoms with Gasteiger partial charge >= 0.3 is 0 Å². The minimum atomic E-state index is -0.275. The lowest BCUT2D eigenvalue weighted by Gasteiger charge is -2.11. The average molecular weight is 388 g/mol. The van der Waals surface area contributed by atoms with E-state index in [4.69, 9.17) is 0 Å². The van der Waals surface area contributed by atoms with E-state index in [9.17, 15) is 9.18 Å². The quantitative estimate of drug-likeness (QED) is 0.529. The molecule has 2 aromatic heterocycles. The van der Waals surface area contributed by atoms with Crippen LogP contribution in [0.1, 0.15) is 28.8 Å². The molecule has 26 heavy (non-hydrogen) atoms. The first kappa shape index (κ1) is 17.4. The number of carbonyl (C=O) groups is 1. The first-order valence-electron chi connectivity index (χ1n) is 8.60. The molecule has 0 aliphatic heterocycles. The molecule has 1 N–H and O–H groups in total. The Hall–Kier alpha value is -1.99. The summed E-state index contributed by atoms with van der Waals surface area (Å²) in [7, 11) is 0. The number of benzene rings is 1. The molecule has 0 atom stereocenters. The number of aryl methyl sites for hydroxylation is 2. The summed E-state index contributed by atoms with van der Waals surface area (Å²) < 4.78 is 12.9. The molecular weight excluding hydrogens is 369 g/mol. The van der Waals surface area contributed by atoms with Crippen molar-refractivity contribution in [1.29, 1.82) is 0 Å². The maximum Gasteiger partial charge on any atom is 0.230 e. The Bertz CT molecular complexity index is 940. The molecule has 0 saturated heterocycles. The van der Waals surface area contributed by atoms with Crippen LogP contribution in [0.3, 0.4) is 0 Å². The van der Waals surface area contributed by atoms with E-state index in [1.807, 2.05) is 0 Å². The SMILES string of the molecule is O=C(CSc1ncnc2sc3c(c12)CCCC3)NCc1ccc(F)cc1. The van der Waals surface area contributed by atoms with Crippen LogP contribution in [-0.4, -0.2) is 21.6 Å². The minimum Gasteiger partial charge on any atom is -0.351 e. The summed E-state index contributed by atoms with van der Waals surface area (Å²) in [6.07, 6.45) is 6.23. The number of rotatable bonds is 5. The maximum atomic E-state index is 12.9. The number of nitrogens with zero attached hydrogens (tertiary/aromatic N) is 2. The summed E-state index contributed by atoms with van der Waals surface area (Å²) in [5.41, 5.74) is 2.26. The number of nitrogens with one attached hydrogen (secondary N) is 1. The van der Waals surface area contributed by atoms with E-state index in [-0.39, 0.29) is 11.7 Å². The highest BCUT2D eigenvalue weighted by Gasteiger charge is 2.20. The molecule has 1 aromatic carbocycles. The van der Waals surface area contributed by atoms with Crippen molar-refractivity contribution in [3.8, 4) is 0 Å². The van der Waals surface area contributed by atoms with Gasteiger partial charge in [0.15, 0.2) is 0 Å². The fraction of sp³-hybridized carbons (Fsp3) is 0.316. The van der Waals surface area contributed by atoms with E-state index < -0.39 is 0 Å². The van der Waals surface area contributed by atoms with E-state index >= 15 is 0 Å². The van der Waals surface area contributed by atoms with Crippen molar-refractivity contribution in [2.24, 2.45) is 0 Å². The van der Waals surface area contributed by atoms with E-state index in [1.165, 1.54) is 47.2 Å². The fourth-order valence-corrected chi connectivity index (χ4v) is 5.31. The van der Waals surface area contributed by atoms with Gasteiger partial charge in [0.2, 0.25) is 5.91 Å². The smallest absolute Gasteiger partial charge is 0.230 e. The number of halogens is 1. The van der Waals surface area contributed by atoms with Gasteiger partial charge in [-0.1, -0.05) is 23.9 Å². The Labute approximate surface area is 159 Å². The highest BCUT2D eigenvalue weighted by Crippen LogP contribution is 2.39. The molecule has 1 amide bonds. The monoisotopic (exact) mass is 387 g/mol. The van der Waals surface area contributed by atoms with Gasteiger partial charge in [-0.3, -0.25) is 4.79 Å². The standard InChI is InChI=1S/C19H18FN3OS2/c20-13-7-5-12(6-8-13)9-21-16(24)10-25-18-17-14-3-1-2-4-15(14)26-19(17)23-11-22-18/h5-8,11H,1-4,9-10H2,(H,21,24). The van der Waals surface area contributed by atoms with Crippen LogP contribution in [0.4, 0.5) is 4.39 Å². The lowest BCUT2D eigenvalue weighted by molar-refractivity contribution is -0.118. The highest BCUT2D eigenvalue weighted by atomic mass is 32.2. The Morgan fingerprint density at radius 3 is 2.85 bits per heavy atom. The van der Waals surface area contributed by atoms with Gasteiger partial charge in [0, 0.05) is 16.8 Å². The third-order valence-electron chi connectivity index (χ3n) is 4.46. The fourth-order valence-electron chi connectivity index (χ4n) is 3.16. The average Bonchev–Trinajstić information content (AvgIpc) is 3.05.